The first-order chi connectivity index (χ1) is 12.9. The van der Waals surface area contributed by atoms with Gasteiger partial charge in [-0.3, -0.25) is 4.79 Å². The molecule has 1 saturated heterocycles. The van der Waals surface area contributed by atoms with Crippen molar-refractivity contribution in [3.63, 3.8) is 0 Å². The number of hydrogen-bond donors (Lipinski definition) is 1. The minimum atomic E-state index is -3.90. The number of ether oxygens (including phenoxy) is 1. The summed E-state index contributed by atoms with van der Waals surface area (Å²) in [5.74, 6) is -0.945. The van der Waals surface area contributed by atoms with E-state index in [1.807, 2.05) is 18.2 Å². The second-order valence-corrected chi connectivity index (χ2v) is 8.24. The van der Waals surface area contributed by atoms with Gasteiger partial charge in [0, 0.05) is 24.7 Å². The Balaban J connectivity index is 1.68. The Morgan fingerprint density at radius 2 is 1.81 bits per heavy atom. The van der Waals surface area contributed by atoms with Crippen molar-refractivity contribution < 1.29 is 22.3 Å². The van der Waals surface area contributed by atoms with E-state index in [1.54, 1.807) is 12.1 Å². The van der Waals surface area contributed by atoms with Crippen LogP contribution in [0.25, 0.3) is 0 Å². The average Bonchev–Trinajstić information content (AvgIpc) is 2.69. The van der Waals surface area contributed by atoms with Gasteiger partial charge in [-0.2, -0.15) is 4.31 Å². The fourth-order valence-corrected chi connectivity index (χ4v) is 4.75. The quantitative estimate of drug-likeness (QED) is 0.849. The van der Waals surface area contributed by atoms with Crippen LogP contribution >= 0.6 is 0 Å². The van der Waals surface area contributed by atoms with Crippen LogP contribution in [0.4, 0.5) is 10.1 Å². The Morgan fingerprint density at radius 1 is 1.15 bits per heavy atom. The molecular weight excluding hydrogens is 371 g/mol. The van der Waals surface area contributed by atoms with Crippen molar-refractivity contribution in [3.05, 3.63) is 54.3 Å². The van der Waals surface area contributed by atoms with Crippen LogP contribution in [0.5, 0.6) is 5.75 Å². The molecule has 27 heavy (non-hydrogen) atoms. The number of nitrogens with one attached hydrogen (secondary N) is 1. The lowest BCUT2D eigenvalue weighted by atomic mass is 9.97. The number of hydrogen-bond acceptors (Lipinski definition) is 4. The molecule has 6 nitrogen and oxygen atoms in total. The summed E-state index contributed by atoms with van der Waals surface area (Å²) in [6.07, 6.45) is 0.797. The van der Waals surface area contributed by atoms with Gasteiger partial charge in [0.1, 0.15) is 16.5 Å². The Kier molecular flexibility index (Phi) is 5.76. The summed E-state index contributed by atoms with van der Waals surface area (Å²) in [5, 5.41) is 2.85. The van der Waals surface area contributed by atoms with Crippen molar-refractivity contribution >= 4 is 21.6 Å². The zero-order chi connectivity index (χ0) is 19.4. The van der Waals surface area contributed by atoms with Crippen LogP contribution in [0.3, 0.4) is 0 Å². The van der Waals surface area contributed by atoms with E-state index in [2.05, 4.69) is 5.32 Å². The van der Waals surface area contributed by atoms with E-state index in [4.69, 9.17) is 4.74 Å². The fourth-order valence-electron chi connectivity index (χ4n) is 3.12. The lowest BCUT2D eigenvalue weighted by Crippen LogP contribution is -2.41. The van der Waals surface area contributed by atoms with Gasteiger partial charge in [-0.15, -0.1) is 0 Å². The van der Waals surface area contributed by atoms with Crippen molar-refractivity contribution in [2.24, 2.45) is 5.92 Å². The summed E-state index contributed by atoms with van der Waals surface area (Å²) >= 11 is 0. The lowest BCUT2D eigenvalue weighted by Gasteiger charge is -2.30. The summed E-state index contributed by atoms with van der Waals surface area (Å²) in [6.45, 7) is 0.379. The molecule has 0 radical (unpaired) electrons. The number of para-hydroxylation sites is 1. The van der Waals surface area contributed by atoms with Gasteiger partial charge in [-0.25, -0.2) is 12.8 Å². The van der Waals surface area contributed by atoms with Gasteiger partial charge in [-0.05, 0) is 43.2 Å². The Hall–Kier alpha value is -2.45. The molecule has 3 rings (SSSR count). The van der Waals surface area contributed by atoms with Gasteiger partial charge in [0.25, 0.3) is 0 Å². The topological polar surface area (TPSA) is 75.7 Å². The molecule has 1 aliphatic heterocycles. The molecule has 0 atom stereocenters. The van der Waals surface area contributed by atoms with Crippen LogP contribution in [0.15, 0.2) is 53.4 Å². The first-order valence-corrected chi connectivity index (χ1v) is 10.1. The molecule has 2 aromatic rings. The number of carbonyl (C=O) groups excluding carboxylic acids is 1. The first-order valence-electron chi connectivity index (χ1n) is 8.61. The summed E-state index contributed by atoms with van der Waals surface area (Å²) in [7, 11) is -2.56. The predicted octanol–water partition coefficient (Wildman–Crippen LogP) is 2.87. The molecule has 0 aromatic heterocycles. The Bertz CT molecular complexity index is 911. The minimum absolute atomic E-state index is 0.0975. The number of benzene rings is 2. The molecule has 1 fully saturated rings. The van der Waals surface area contributed by atoms with Crippen molar-refractivity contribution in [3.8, 4) is 5.75 Å². The highest BCUT2D eigenvalue weighted by Gasteiger charge is 2.34. The van der Waals surface area contributed by atoms with E-state index < -0.39 is 15.8 Å². The number of piperidine rings is 1. The maximum absolute atomic E-state index is 13.6. The maximum atomic E-state index is 13.6. The average molecular weight is 392 g/mol. The second-order valence-electron chi connectivity index (χ2n) is 6.33. The number of methoxy groups -OCH3 is 1. The first kappa shape index (κ1) is 19.3. The van der Waals surface area contributed by atoms with Crippen molar-refractivity contribution in [2.75, 3.05) is 25.5 Å². The smallest absolute Gasteiger partial charge is 0.246 e. The second kappa shape index (κ2) is 8.06. The number of sulfonamides is 1. The zero-order valence-electron chi connectivity index (χ0n) is 14.9. The molecule has 0 spiro atoms. The van der Waals surface area contributed by atoms with Crippen LogP contribution in [0, 0.1) is 11.7 Å². The largest absolute Gasteiger partial charge is 0.495 e. The summed E-state index contributed by atoms with van der Waals surface area (Å²) < 4.78 is 45.6. The molecular formula is C19H21FN2O4S. The standard InChI is InChI=1S/C19H21FN2O4S/c1-26-17-8-7-15(20)13-18(17)27(24,25)22-11-9-14(10-12-22)19(23)21-16-5-3-2-4-6-16/h2-8,13-14H,9-12H2,1H3,(H,21,23). The molecule has 1 heterocycles. The van der Waals surface area contributed by atoms with E-state index in [0.29, 0.717) is 18.5 Å². The van der Waals surface area contributed by atoms with Crippen molar-refractivity contribution in [1.82, 2.24) is 4.31 Å². The molecule has 0 unspecified atom stereocenters. The van der Waals surface area contributed by atoms with E-state index in [0.717, 1.165) is 12.1 Å². The monoisotopic (exact) mass is 392 g/mol. The lowest BCUT2D eigenvalue weighted by molar-refractivity contribution is -0.120. The molecule has 0 bridgehead atoms. The molecule has 144 valence electrons. The predicted molar refractivity (Wildman–Crippen MR) is 99.5 cm³/mol. The number of carbonyl (C=O) groups is 1. The summed E-state index contributed by atoms with van der Waals surface area (Å²) in [5.41, 5.74) is 0.710. The number of anilines is 1. The Morgan fingerprint density at radius 3 is 2.44 bits per heavy atom. The number of nitrogens with zero attached hydrogens (tertiary/aromatic N) is 1. The molecule has 1 amide bonds. The van der Waals surface area contributed by atoms with Crippen molar-refractivity contribution in [2.45, 2.75) is 17.7 Å². The zero-order valence-corrected chi connectivity index (χ0v) is 15.7. The number of amides is 1. The van der Waals surface area contributed by atoms with Crippen LogP contribution in [0.1, 0.15) is 12.8 Å². The van der Waals surface area contributed by atoms with Gasteiger partial charge in [0.15, 0.2) is 0 Å². The third-order valence-electron chi connectivity index (χ3n) is 4.61. The number of halogens is 1. The SMILES string of the molecule is COc1ccc(F)cc1S(=O)(=O)N1CCC(C(=O)Nc2ccccc2)CC1. The maximum Gasteiger partial charge on any atom is 0.246 e. The Labute approximate surface area is 158 Å². The molecule has 0 saturated carbocycles. The van der Waals surface area contributed by atoms with Gasteiger partial charge < -0.3 is 10.1 Å². The molecule has 2 aromatic carbocycles. The molecule has 1 aliphatic rings. The van der Waals surface area contributed by atoms with Gasteiger partial charge in [-0.1, -0.05) is 18.2 Å². The van der Waals surface area contributed by atoms with Crippen LogP contribution in [-0.4, -0.2) is 38.8 Å². The van der Waals surface area contributed by atoms with E-state index >= 15 is 0 Å². The summed E-state index contributed by atoms with van der Waals surface area (Å²) in [6, 6.07) is 12.5. The highest BCUT2D eigenvalue weighted by atomic mass is 32.2. The highest BCUT2D eigenvalue weighted by Crippen LogP contribution is 2.30. The molecule has 1 N–H and O–H groups in total. The fraction of sp³-hybridized carbons (Fsp3) is 0.316. The van der Waals surface area contributed by atoms with E-state index in [-0.39, 0.29) is 35.6 Å². The number of rotatable bonds is 5. The van der Waals surface area contributed by atoms with E-state index in [9.17, 15) is 17.6 Å². The van der Waals surface area contributed by atoms with Crippen LogP contribution in [0.2, 0.25) is 0 Å². The third kappa shape index (κ3) is 4.28. The molecule has 0 aliphatic carbocycles. The van der Waals surface area contributed by atoms with Crippen LogP contribution < -0.4 is 10.1 Å². The van der Waals surface area contributed by atoms with Crippen molar-refractivity contribution in [1.29, 1.82) is 0 Å². The van der Waals surface area contributed by atoms with Gasteiger partial charge in [0.05, 0.1) is 7.11 Å². The minimum Gasteiger partial charge on any atom is -0.495 e. The summed E-state index contributed by atoms with van der Waals surface area (Å²) in [4.78, 5) is 12.2. The van der Waals surface area contributed by atoms with E-state index in [1.165, 1.54) is 17.5 Å². The normalized spacial score (nSPS) is 16.1. The van der Waals surface area contributed by atoms with Gasteiger partial charge in [0.2, 0.25) is 15.9 Å². The van der Waals surface area contributed by atoms with Crippen LogP contribution in [-0.2, 0) is 14.8 Å². The third-order valence-corrected chi connectivity index (χ3v) is 6.53. The molecule has 8 heteroatoms. The van der Waals surface area contributed by atoms with Gasteiger partial charge >= 0.3 is 0 Å². The highest BCUT2D eigenvalue weighted by molar-refractivity contribution is 7.89.